The normalized spacial score (nSPS) is 11.4. The first-order valence-corrected chi connectivity index (χ1v) is 9.99. The fourth-order valence-electron chi connectivity index (χ4n) is 3.69. The Morgan fingerprint density at radius 1 is 1.10 bits per heavy atom. The van der Waals surface area contributed by atoms with E-state index in [0.717, 1.165) is 5.56 Å². The first kappa shape index (κ1) is 20.6. The van der Waals surface area contributed by atoms with Gasteiger partial charge in [-0.15, -0.1) is 0 Å². The van der Waals surface area contributed by atoms with E-state index >= 15 is 0 Å². The van der Waals surface area contributed by atoms with Crippen molar-refractivity contribution in [3.63, 3.8) is 0 Å². The van der Waals surface area contributed by atoms with Gasteiger partial charge in [-0.25, -0.2) is 18.7 Å². The van der Waals surface area contributed by atoms with Crippen LogP contribution in [0.4, 0.5) is 4.39 Å². The molecule has 0 radical (unpaired) electrons. The highest BCUT2D eigenvalue weighted by molar-refractivity contribution is 5.72. The van der Waals surface area contributed by atoms with Crippen molar-refractivity contribution in [1.82, 2.24) is 18.7 Å². The van der Waals surface area contributed by atoms with Crippen LogP contribution in [0.1, 0.15) is 19.4 Å². The molecule has 2 aromatic heterocycles. The lowest BCUT2D eigenvalue weighted by Gasteiger charge is -2.14. The minimum absolute atomic E-state index is 0.0643. The van der Waals surface area contributed by atoms with Crippen molar-refractivity contribution in [3.8, 4) is 11.4 Å². The highest BCUT2D eigenvalue weighted by Crippen LogP contribution is 2.21. The van der Waals surface area contributed by atoms with Gasteiger partial charge in [-0.2, -0.15) is 0 Å². The maximum atomic E-state index is 13.9. The molecule has 31 heavy (non-hydrogen) atoms. The second-order valence-electron chi connectivity index (χ2n) is 7.76. The Bertz CT molecular complexity index is 1370. The van der Waals surface area contributed by atoms with Crippen LogP contribution in [0.15, 0.2) is 64.4 Å². The van der Waals surface area contributed by atoms with Gasteiger partial charge in [0.2, 0.25) is 0 Å². The van der Waals surface area contributed by atoms with Crippen LogP contribution in [0.3, 0.4) is 0 Å². The van der Waals surface area contributed by atoms with E-state index in [-0.39, 0.29) is 23.6 Å². The van der Waals surface area contributed by atoms with E-state index in [4.69, 9.17) is 4.74 Å². The summed E-state index contributed by atoms with van der Waals surface area (Å²) in [6, 6.07) is 13.2. The molecule has 2 heterocycles. The Balaban J connectivity index is 2.00. The molecule has 0 unspecified atom stereocenters. The molecule has 0 aliphatic carbocycles. The third-order valence-electron chi connectivity index (χ3n) is 5.05. The summed E-state index contributed by atoms with van der Waals surface area (Å²) >= 11 is 0. The molecule has 2 aromatic carbocycles. The number of methoxy groups -OCH3 is 1. The van der Waals surface area contributed by atoms with Crippen molar-refractivity contribution in [2.24, 2.45) is 5.92 Å². The van der Waals surface area contributed by atoms with Gasteiger partial charge in [0, 0.05) is 12.1 Å². The van der Waals surface area contributed by atoms with Gasteiger partial charge < -0.3 is 9.30 Å². The topological polar surface area (TPSA) is 71.1 Å². The number of benzene rings is 2. The Morgan fingerprint density at radius 2 is 1.87 bits per heavy atom. The SMILES string of the molecule is COc1ccccc1Cn1cnc2c1c(=O)n(CC(C)C)c(=O)n2-c1cccc(F)c1. The van der Waals surface area contributed by atoms with Crippen LogP contribution in [0.2, 0.25) is 0 Å². The molecule has 7 nitrogen and oxygen atoms in total. The van der Waals surface area contributed by atoms with Gasteiger partial charge in [-0.3, -0.25) is 9.36 Å². The Labute approximate surface area is 178 Å². The van der Waals surface area contributed by atoms with Crippen LogP contribution in [0.25, 0.3) is 16.9 Å². The zero-order chi connectivity index (χ0) is 22.1. The second kappa shape index (κ2) is 8.22. The first-order valence-electron chi connectivity index (χ1n) is 9.99. The minimum Gasteiger partial charge on any atom is -0.496 e. The Morgan fingerprint density at radius 3 is 2.58 bits per heavy atom. The number of imidazole rings is 1. The predicted octanol–water partition coefficient (Wildman–Crippen LogP) is 3.20. The monoisotopic (exact) mass is 422 g/mol. The molecule has 4 aromatic rings. The number of ether oxygens (including phenoxy) is 1. The van der Waals surface area contributed by atoms with Crippen LogP contribution >= 0.6 is 0 Å². The molecule has 0 aliphatic heterocycles. The lowest BCUT2D eigenvalue weighted by molar-refractivity contribution is 0.408. The third kappa shape index (κ3) is 3.76. The zero-order valence-electron chi connectivity index (χ0n) is 17.6. The minimum atomic E-state index is -0.542. The molecule has 0 bridgehead atoms. The summed E-state index contributed by atoms with van der Waals surface area (Å²) in [5, 5.41) is 0. The largest absolute Gasteiger partial charge is 0.496 e. The summed E-state index contributed by atoms with van der Waals surface area (Å²) in [6.07, 6.45) is 1.52. The van der Waals surface area contributed by atoms with Gasteiger partial charge in [0.1, 0.15) is 11.6 Å². The van der Waals surface area contributed by atoms with Gasteiger partial charge in [0.25, 0.3) is 5.56 Å². The molecular formula is C23H23FN4O3. The molecule has 0 amide bonds. The fraction of sp³-hybridized carbons (Fsp3) is 0.261. The Kier molecular flexibility index (Phi) is 5.46. The molecule has 4 rings (SSSR count). The quantitative estimate of drug-likeness (QED) is 0.478. The van der Waals surface area contributed by atoms with Gasteiger partial charge in [0.15, 0.2) is 11.2 Å². The third-order valence-corrected chi connectivity index (χ3v) is 5.05. The van der Waals surface area contributed by atoms with Crippen molar-refractivity contribution >= 4 is 11.2 Å². The van der Waals surface area contributed by atoms with Crippen molar-refractivity contribution in [3.05, 3.63) is 87.1 Å². The van der Waals surface area contributed by atoms with E-state index in [1.54, 1.807) is 17.7 Å². The van der Waals surface area contributed by atoms with Crippen molar-refractivity contribution in [2.45, 2.75) is 26.9 Å². The molecule has 0 saturated heterocycles. The molecule has 0 spiro atoms. The van der Waals surface area contributed by atoms with E-state index in [2.05, 4.69) is 4.98 Å². The number of halogens is 1. The average molecular weight is 422 g/mol. The molecule has 8 heteroatoms. The summed E-state index contributed by atoms with van der Waals surface area (Å²) in [7, 11) is 1.59. The van der Waals surface area contributed by atoms with Crippen LogP contribution in [0, 0.1) is 11.7 Å². The van der Waals surface area contributed by atoms with E-state index < -0.39 is 17.1 Å². The van der Waals surface area contributed by atoms with Gasteiger partial charge in [-0.05, 0) is 30.2 Å². The van der Waals surface area contributed by atoms with Gasteiger partial charge in [-0.1, -0.05) is 38.1 Å². The Hall–Kier alpha value is -3.68. The highest BCUT2D eigenvalue weighted by atomic mass is 19.1. The molecule has 0 saturated carbocycles. The summed E-state index contributed by atoms with van der Waals surface area (Å²) in [6.45, 7) is 4.42. The number of para-hydroxylation sites is 1. The summed E-state index contributed by atoms with van der Waals surface area (Å²) < 4.78 is 23.5. The predicted molar refractivity (Wildman–Crippen MR) is 116 cm³/mol. The van der Waals surface area contributed by atoms with Crippen LogP contribution in [-0.4, -0.2) is 25.8 Å². The van der Waals surface area contributed by atoms with E-state index in [1.165, 1.54) is 33.7 Å². The number of rotatable bonds is 6. The summed E-state index contributed by atoms with van der Waals surface area (Å²) in [5.74, 6) is 0.271. The molecular weight excluding hydrogens is 399 g/mol. The van der Waals surface area contributed by atoms with E-state index in [1.807, 2.05) is 38.1 Å². The highest BCUT2D eigenvalue weighted by Gasteiger charge is 2.20. The van der Waals surface area contributed by atoms with Gasteiger partial charge >= 0.3 is 5.69 Å². The van der Waals surface area contributed by atoms with E-state index in [0.29, 0.717) is 18.0 Å². The van der Waals surface area contributed by atoms with Crippen molar-refractivity contribution < 1.29 is 9.13 Å². The maximum absolute atomic E-state index is 13.9. The van der Waals surface area contributed by atoms with Crippen LogP contribution < -0.4 is 16.0 Å². The zero-order valence-corrected chi connectivity index (χ0v) is 17.6. The maximum Gasteiger partial charge on any atom is 0.337 e. The standard InChI is InChI=1S/C23H23FN4O3/c1-15(2)12-27-22(29)20-21(28(23(27)30)18-9-6-8-17(24)11-18)25-14-26(20)13-16-7-4-5-10-19(16)31-3/h4-11,14-15H,12-13H2,1-3H3. The average Bonchev–Trinajstić information content (AvgIpc) is 3.15. The molecule has 0 aliphatic rings. The smallest absolute Gasteiger partial charge is 0.337 e. The number of fused-ring (bicyclic) bond motifs is 1. The van der Waals surface area contributed by atoms with E-state index in [9.17, 15) is 14.0 Å². The molecule has 0 atom stereocenters. The number of hydrogen-bond donors (Lipinski definition) is 0. The van der Waals surface area contributed by atoms with Crippen LogP contribution in [-0.2, 0) is 13.1 Å². The lowest BCUT2D eigenvalue weighted by Crippen LogP contribution is -2.41. The lowest BCUT2D eigenvalue weighted by atomic mass is 10.2. The second-order valence-corrected chi connectivity index (χ2v) is 7.76. The number of aromatic nitrogens is 4. The van der Waals surface area contributed by atoms with Crippen LogP contribution in [0.5, 0.6) is 5.75 Å². The summed E-state index contributed by atoms with van der Waals surface area (Å²) in [5.41, 5.74) is 0.677. The van der Waals surface area contributed by atoms with Crippen molar-refractivity contribution in [1.29, 1.82) is 0 Å². The molecule has 160 valence electrons. The molecule has 0 fully saturated rings. The first-order chi connectivity index (χ1) is 14.9. The number of nitrogens with zero attached hydrogens (tertiary/aromatic N) is 4. The van der Waals surface area contributed by atoms with Gasteiger partial charge in [0.05, 0.1) is 25.7 Å². The molecule has 0 N–H and O–H groups in total. The summed E-state index contributed by atoms with van der Waals surface area (Å²) in [4.78, 5) is 31.0. The van der Waals surface area contributed by atoms with Crippen molar-refractivity contribution in [2.75, 3.05) is 7.11 Å². The fourth-order valence-corrected chi connectivity index (χ4v) is 3.69. The number of hydrogen-bond acceptors (Lipinski definition) is 4.